The van der Waals surface area contributed by atoms with Crippen molar-refractivity contribution in [1.82, 2.24) is 20.4 Å². The van der Waals surface area contributed by atoms with Gasteiger partial charge in [0.1, 0.15) is 11.1 Å². The third-order valence-electron chi connectivity index (χ3n) is 14.1. The first-order valence-corrected chi connectivity index (χ1v) is 19.9. The maximum absolute atomic E-state index is 14.9. The molecule has 2 aliphatic heterocycles. The van der Waals surface area contributed by atoms with Gasteiger partial charge >= 0.3 is 12.2 Å². The highest BCUT2D eigenvalue weighted by Crippen LogP contribution is 2.60. The molecule has 306 valence electrons. The molecule has 2 heterocycles. The predicted molar refractivity (Wildman–Crippen MR) is 213 cm³/mol. The van der Waals surface area contributed by atoms with Crippen molar-refractivity contribution in [3.05, 3.63) is 107 Å². The Morgan fingerprint density at radius 1 is 0.655 bits per heavy atom. The molecule has 6 aliphatic rings. The van der Waals surface area contributed by atoms with E-state index in [2.05, 4.69) is 20.4 Å². The zero-order chi connectivity index (χ0) is 41.9. The minimum atomic E-state index is -1.68. The zero-order valence-corrected chi connectivity index (χ0v) is 33.2. The Kier molecular flexibility index (Phi) is 10.3. The standard InChI is InChI=1S/C44H52N6O8/c1-41(2)33(35(45)51)26-14-18-28(19-15-26)43(41,37(53)47-39(55)56)49-22-8-12-30(49)24-31(25-10-6-5-7-11-25)32-13-9-23-50(32)44(38(54)48-40(57)58)29-20-16-27(17-21-29)34(36(46)52)42(44,3)4/h5-7,10-11,14-21,30-34H,8-9,12-13,22-24H2,1-4H3,(H2,45,51)(H2,46,52)(H,47,53)(H,48,54)(H,55,56)(H,57,58)/t30?,31?,32?,33?,34?,43-,44-/m0/s1. The summed E-state index contributed by atoms with van der Waals surface area (Å²) < 4.78 is 0. The van der Waals surface area contributed by atoms with E-state index < -0.39 is 75.6 Å². The molecule has 5 unspecified atom stereocenters. The molecular formula is C44H52N6O8. The van der Waals surface area contributed by atoms with Crippen LogP contribution < -0.4 is 22.1 Å². The van der Waals surface area contributed by atoms with E-state index in [1.54, 1.807) is 76.2 Å². The summed E-state index contributed by atoms with van der Waals surface area (Å²) in [5.41, 5.74) is 9.71. The van der Waals surface area contributed by atoms with Crippen molar-refractivity contribution in [2.45, 2.75) is 101 Å². The number of imide groups is 2. The number of fused-ring (bicyclic) bond motifs is 8. The Labute approximate surface area is 337 Å². The van der Waals surface area contributed by atoms with E-state index in [4.69, 9.17) is 11.5 Å². The number of amides is 6. The van der Waals surface area contributed by atoms with Gasteiger partial charge in [0.25, 0.3) is 11.8 Å². The van der Waals surface area contributed by atoms with E-state index in [0.717, 1.165) is 5.56 Å². The van der Waals surface area contributed by atoms with Crippen LogP contribution in [0.4, 0.5) is 9.59 Å². The van der Waals surface area contributed by atoms with Crippen LogP contribution in [0.3, 0.4) is 0 Å². The van der Waals surface area contributed by atoms with Gasteiger partial charge < -0.3 is 21.7 Å². The zero-order valence-electron chi connectivity index (χ0n) is 33.2. The second kappa shape index (κ2) is 14.7. The van der Waals surface area contributed by atoms with Gasteiger partial charge in [0.15, 0.2) is 0 Å². The van der Waals surface area contributed by atoms with E-state index in [9.17, 15) is 39.0 Å². The lowest BCUT2D eigenvalue weighted by Gasteiger charge is -2.56. The number of nitrogens with two attached hydrogens (primary N) is 2. The molecule has 2 fully saturated rings. The number of nitrogens with zero attached hydrogens (tertiary/aromatic N) is 2. The summed E-state index contributed by atoms with van der Waals surface area (Å²) in [7, 11) is 0. The van der Waals surface area contributed by atoms with Gasteiger partial charge in [0.05, 0.1) is 11.8 Å². The number of carbonyl (C=O) groups excluding carboxylic acids is 4. The number of hydrogen-bond donors (Lipinski definition) is 6. The fraction of sp³-hybridized carbons (Fsp3) is 0.455. The molecule has 14 nitrogen and oxygen atoms in total. The van der Waals surface area contributed by atoms with Crippen molar-refractivity contribution >= 4 is 35.8 Å². The third-order valence-corrected chi connectivity index (χ3v) is 14.1. The molecule has 3 aromatic rings. The van der Waals surface area contributed by atoms with Gasteiger partial charge in [-0.25, -0.2) is 9.59 Å². The lowest BCUT2D eigenvalue weighted by atomic mass is 9.59. The second-order valence-electron chi connectivity index (χ2n) is 17.4. The van der Waals surface area contributed by atoms with Gasteiger partial charge in [-0.15, -0.1) is 0 Å². The molecule has 14 heteroatoms. The highest BCUT2D eigenvalue weighted by atomic mass is 16.4. The summed E-state index contributed by atoms with van der Waals surface area (Å²) in [4.78, 5) is 85.2. The molecule has 58 heavy (non-hydrogen) atoms. The van der Waals surface area contributed by atoms with Crippen molar-refractivity contribution in [2.75, 3.05) is 13.1 Å². The number of nitrogens with one attached hydrogen (secondary N) is 2. The van der Waals surface area contributed by atoms with Crippen LogP contribution in [0.15, 0.2) is 78.9 Å². The lowest BCUT2D eigenvalue weighted by molar-refractivity contribution is -0.152. The number of primary amides is 2. The average molecular weight is 793 g/mol. The van der Waals surface area contributed by atoms with Crippen LogP contribution in [0.2, 0.25) is 0 Å². The molecule has 0 spiro atoms. The summed E-state index contributed by atoms with van der Waals surface area (Å²) in [6.07, 6.45) is -0.0288. The minimum absolute atomic E-state index is 0.324. The Morgan fingerprint density at radius 2 is 1.09 bits per heavy atom. The monoisotopic (exact) mass is 792 g/mol. The first-order chi connectivity index (χ1) is 27.4. The fourth-order valence-corrected chi connectivity index (χ4v) is 12.1. The number of likely N-dealkylation sites (tertiary alicyclic amines) is 2. The molecule has 0 saturated carbocycles. The van der Waals surface area contributed by atoms with Gasteiger partial charge in [-0.2, -0.15) is 0 Å². The topological polar surface area (TPSA) is 225 Å². The van der Waals surface area contributed by atoms with Crippen molar-refractivity contribution in [1.29, 1.82) is 0 Å². The Hall–Kier alpha value is -5.60. The summed E-state index contributed by atoms with van der Waals surface area (Å²) >= 11 is 0. The van der Waals surface area contributed by atoms with Crippen LogP contribution in [0.25, 0.3) is 0 Å². The highest BCUT2D eigenvalue weighted by Gasteiger charge is 2.66. The van der Waals surface area contributed by atoms with Gasteiger partial charge in [-0.3, -0.25) is 39.6 Å². The highest BCUT2D eigenvalue weighted by molar-refractivity contribution is 6.01. The molecule has 8 N–H and O–H groups in total. The van der Waals surface area contributed by atoms with E-state index in [1.165, 1.54) is 0 Å². The van der Waals surface area contributed by atoms with E-state index >= 15 is 0 Å². The number of benzene rings is 3. The van der Waals surface area contributed by atoms with Crippen LogP contribution >= 0.6 is 0 Å². The van der Waals surface area contributed by atoms with E-state index in [0.29, 0.717) is 67.4 Å². The van der Waals surface area contributed by atoms with E-state index in [-0.39, 0.29) is 12.0 Å². The van der Waals surface area contributed by atoms with Crippen LogP contribution in [-0.4, -0.2) is 81.0 Å². The quantitative estimate of drug-likeness (QED) is 0.166. The van der Waals surface area contributed by atoms with Gasteiger partial charge in [0, 0.05) is 28.8 Å². The molecule has 4 bridgehead atoms. The first kappa shape index (κ1) is 40.6. The van der Waals surface area contributed by atoms with Crippen molar-refractivity contribution in [3.8, 4) is 0 Å². The van der Waals surface area contributed by atoms with Gasteiger partial charge in [-0.1, -0.05) is 107 Å². The molecule has 7 atom stereocenters. The minimum Gasteiger partial charge on any atom is -0.465 e. The largest absolute Gasteiger partial charge is 0.465 e. The predicted octanol–water partition coefficient (Wildman–Crippen LogP) is 4.69. The number of rotatable bonds is 10. The fourth-order valence-electron chi connectivity index (χ4n) is 12.1. The van der Waals surface area contributed by atoms with Crippen molar-refractivity contribution in [2.24, 2.45) is 22.3 Å². The summed E-state index contributed by atoms with van der Waals surface area (Å²) in [5.74, 6) is -5.05. The maximum Gasteiger partial charge on any atom is 0.411 e. The normalized spacial score (nSPS) is 28.9. The molecule has 3 aromatic carbocycles. The maximum atomic E-state index is 14.9. The molecule has 2 saturated heterocycles. The van der Waals surface area contributed by atoms with E-state index in [1.807, 2.05) is 30.3 Å². The number of hydrogen-bond acceptors (Lipinski definition) is 8. The Bertz CT molecular complexity index is 2140. The lowest BCUT2D eigenvalue weighted by Crippen LogP contribution is -2.68. The van der Waals surface area contributed by atoms with Gasteiger partial charge in [0.2, 0.25) is 11.8 Å². The van der Waals surface area contributed by atoms with Crippen LogP contribution in [0.5, 0.6) is 0 Å². The molecule has 0 aromatic heterocycles. The Morgan fingerprint density at radius 3 is 1.53 bits per heavy atom. The summed E-state index contributed by atoms with van der Waals surface area (Å²) in [5, 5.41) is 24.4. The van der Waals surface area contributed by atoms with Crippen molar-refractivity contribution < 1.29 is 39.0 Å². The summed E-state index contributed by atoms with van der Waals surface area (Å²) in [6, 6.07) is 23.3. The first-order valence-electron chi connectivity index (χ1n) is 19.9. The number of carbonyl (C=O) groups is 6. The molecular weight excluding hydrogens is 741 g/mol. The molecule has 4 aliphatic carbocycles. The van der Waals surface area contributed by atoms with Crippen LogP contribution in [0.1, 0.15) is 105 Å². The number of carboxylic acid groups (broad SMARTS) is 2. The second-order valence-corrected chi connectivity index (χ2v) is 17.4. The Balaban J connectivity index is 1.40. The molecule has 0 radical (unpaired) electrons. The SMILES string of the molecule is CC1(C)C(C(N)=O)c2ccc(cc2)[C@@]1(C(=O)NC(=O)O)N1CCCC1CC(c1ccccc1)C1CCCN1[C@]1(C(=O)NC(=O)O)c2ccc(cc2)C(C(N)=O)C1(C)C. The average Bonchev–Trinajstić information content (AvgIpc) is 3.74. The summed E-state index contributed by atoms with van der Waals surface area (Å²) in [6.45, 7) is 8.00. The van der Waals surface area contributed by atoms with Crippen LogP contribution in [0, 0.1) is 10.8 Å². The van der Waals surface area contributed by atoms with Crippen LogP contribution in [-0.2, 0) is 30.3 Å². The van der Waals surface area contributed by atoms with Gasteiger partial charge in [-0.05, 0) is 73.0 Å². The third kappa shape index (κ3) is 5.90. The van der Waals surface area contributed by atoms with Crippen molar-refractivity contribution in [3.63, 3.8) is 0 Å². The smallest absolute Gasteiger partial charge is 0.411 e. The molecule has 9 rings (SSSR count). The molecule has 6 amide bonds.